The lowest BCUT2D eigenvalue weighted by Gasteiger charge is -2.15. The van der Waals surface area contributed by atoms with Gasteiger partial charge in [-0.3, -0.25) is 9.36 Å². The van der Waals surface area contributed by atoms with Gasteiger partial charge in [0, 0.05) is 0 Å². The molecule has 3 rings (SSSR count). The molecule has 0 fully saturated rings. The van der Waals surface area contributed by atoms with Crippen molar-refractivity contribution in [1.82, 2.24) is 9.55 Å². The summed E-state index contributed by atoms with van der Waals surface area (Å²) in [5.41, 5.74) is 7.36. The van der Waals surface area contributed by atoms with Gasteiger partial charge in [-0.2, -0.15) is 0 Å². The van der Waals surface area contributed by atoms with E-state index >= 15 is 0 Å². The van der Waals surface area contributed by atoms with Crippen molar-refractivity contribution < 1.29 is 0 Å². The van der Waals surface area contributed by atoms with E-state index in [0.29, 0.717) is 16.7 Å². The van der Waals surface area contributed by atoms with E-state index in [1.807, 2.05) is 55.5 Å². The molecule has 4 heteroatoms. The molecule has 20 heavy (non-hydrogen) atoms. The van der Waals surface area contributed by atoms with Crippen molar-refractivity contribution in [3.8, 4) is 5.69 Å². The van der Waals surface area contributed by atoms with Gasteiger partial charge in [-0.1, -0.05) is 30.3 Å². The van der Waals surface area contributed by atoms with Crippen LogP contribution in [0.15, 0.2) is 59.4 Å². The fourth-order valence-electron chi connectivity index (χ4n) is 2.28. The fraction of sp³-hybridized carbons (Fsp3) is 0.125. The molecule has 0 amide bonds. The number of hydrogen-bond acceptors (Lipinski definition) is 3. The predicted octanol–water partition coefficient (Wildman–Crippen LogP) is 2.41. The molecule has 0 radical (unpaired) electrons. The first-order chi connectivity index (χ1) is 9.68. The standard InChI is InChI=1S/C16H15N3O/c1-11(17)15-18-14-10-6-5-9-13(14)16(20)19(15)12-7-3-2-4-8-12/h2-11H,17H2,1H3/t11-/m0/s1. The Morgan fingerprint density at radius 3 is 2.40 bits per heavy atom. The van der Waals surface area contributed by atoms with Crippen LogP contribution in [0.2, 0.25) is 0 Å². The molecule has 4 nitrogen and oxygen atoms in total. The molecule has 0 aliphatic heterocycles. The quantitative estimate of drug-likeness (QED) is 0.774. The van der Waals surface area contributed by atoms with Gasteiger partial charge in [0.15, 0.2) is 0 Å². The van der Waals surface area contributed by atoms with Gasteiger partial charge in [-0.05, 0) is 31.2 Å². The van der Waals surface area contributed by atoms with E-state index in [2.05, 4.69) is 4.98 Å². The molecule has 0 saturated heterocycles. The number of nitrogens with zero attached hydrogens (tertiary/aromatic N) is 2. The maximum Gasteiger partial charge on any atom is 0.266 e. The molecule has 0 saturated carbocycles. The van der Waals surface area contributed by atoms with Gasteiger partial charge in [0.1, 0.15) is 5.82 Å². The summed E-state index contributed by atoms with van der Waals surface area (Å²) in [6, 6.07) is 16.4. The third-order valence-electron chi connectivity index (χ3n) is 3.22. The lowest BCUT2D eigenvalue weighted by atomic mass is 10.2. The molecule has 2 N–H and O–H groups in total. The maximum absolute atomic E-state index is 12.7. The fourth-order valence-corrected chi connectivity index (χ4v) is 2.28. The molecular weight excluding hydrogens is 250 g/mol. The second kappa shape index (κ2) is 4.90. The van der Waals surface area contributed by atoms with Crippen LogP contribution in [0.3, 0.4) is 0 Å². The summed E-state index contributed by atoms with van der Waals surface area (Å²) in [5, 5.41) is 0.598. The van der Waals surface area contributed by atoms with Crippen molar-refractivity contribution >= 4 is 10.9 Å². The highest BCUT2D eigenvalue weighted by atomic mass is 16.1. The van der Waals surface area contributed by atoms with Crippen LogP contribution < -0.4 is 11.3 Å². The van der Waals surface area contributed by atoms with E-state index in [-0.39, 0.29) is 11.6 Å². The summed E-state index contributed by atoms with van der Waals surface area (Å²) in [6.07, 6.45) is 0. The minimum Gasteiger partial charge on any atom is -0.322 e. The van der Waals surface area contributed by atoms with E-state index in [0.717, 1.165) is 5.69 Å². The highest BCUT2D eigenvalue weighted by Gasteiger charge is 2.14. The molecule has 0 aliphatic rings. The Labute approximate surface area is 116 Å². The summed E-state index contributed by atoms with van der Waals surface area (Å²) in [7, 11) is 0. The van der Waals surface area contributed by atoms with Gasteiger partial charge >= 0.3 is 0 Å². The number of nitrogens with two attached hydrogens (primary N) is 1. The molecule has 1 heterocycles. The summed E-state index contributed by atoms with van der Waals surface area (Å²) in [6.45, 7) is 1.83. The summed E-state index contributed by atoms with van der Waals surface area (Å²) < 4.78 is 1.59. The van der Waals surface area contributed by atoms with E-state index in [1.165, 1.54) is 0 Å². The molecule has 1 atom stereocenters. The lowest BCUT2D eigenvalue weighted by molar-refractivity contribution is 0.696. The number of aromatic nitrogens is 2. The lowest BCUT2D eigenvalue weighted by Crippen LogP contribution is -2.27. The minimum absolute atomic E-state index is 0.0888. The first kappa shape index (κ1) is 12.6. The first-order valence-corrected chi connectivity index (χ1v) is 6.51. The minimum atomic E-state index is -0.326. The number of hydrogen-bond donors (Lipinski definition) is 1. The average Bonchev–Trinajstić information content (AvgIpc) is 2.48. The monoisotopic (exact) mass is 265 g/mol. The van der Waals surface area contributed by atoms with E-state index in [4.69, 9.17) is 5.73 Å². The van der Waals surface area contributed by atoms with Crippen molar-refractivity contribution in [2.75, 3.05) is 0 Å². The molecule has 0 spiro atoms. The molecule has 0 bridgehead atoms. The van der Waals surface area contributed by atoms with Crippen LogP contribution in [0, 0.1) is 0 Å². The summed E-state index contributed by atoms with van der Waals surface area (Å²) in [5.74, 6) is 0.569. The smallest absolute Gasteiger partial charge is 0.266 e. The second-order valence-electron chi connectivity index (χ2n) is 4.75. The molecule has 0 unspecified atom stereocenters. The van der Waals surface area contributed by atoms with E-state index in [1.54, 1.807) is 10.6 Å². The van der Waals surface area contributed by atoms with Gasteiger partial charge < -0.3 is 5.73 Å². The van der Waals surface area contributed by atoms with Gasteiger partial charge in [0.2, 0.25) is 0 Å². The van der Waals surface area contributed by atoms with Crippen LogP contribution in [0.25, 0.3) is 16.6 Å². The van der Waals surface area contributed by atoms with Gasteiger partial charge in [0.25, 0.3) is 5.56 Å². The maximum atomic E-state index is 12.7. The molecular formula is C16H15N3O. The van der Waals surface area contributed by atoms with Crippen molar-refractivity contribution in [3.63, 3.8) is 0 Å². The molecule has 3 aromatic rings. The zero-order valence-corrected chi connectivity index (χ0v) is 11.2. The number of fused-ring (bicyclic) bond motifs is 1. The van der Waals surface area contributed by atoms with Gasteiger partial charge in [0.05, 0.1) is 22.6 Å². The van der Waals surface area contributed by atoms with E-state index < -0.39 is 0 Å². The third-order valence-corrected chi connectivity index (χ3v) is 3.22. The molecule has 1 aromatic heterocycles. The highest BCUT2D eigenvalue weighted by Crippen LogP contribution is 2.16. The average molecular weight is 265 g/mol. The topological polar surface area (TPSA) is 60.9 Å². The predicted molar refractivity (Wildman–Crippen MR) is 79.9 cm³/mol. The zero-order chi connectivity index (χ0) is 14.1. The van der Waals surface area contributed by atoms with Crippen LogP contribution in [-0.4, -0.2) is 9.55 Å². The van der Waals surface area contributed by atoms with Gasteiger partial charge in [-0.15, -0.1) is 0 Å². The Balaban J connectivity index is 2.43. The third kappa shape index (κ3) is 2.00. The van der Waals surface area contributed by atoms with Crippen molar-refractivity contribution in [1.29, 1.82) is 0 Å². The van der Waals surface area contributed by atoms with Crippen LogP contribution >= 0.6 is 0 Å². The van der Waals surface area contributed by atoms with Gasteiger partial charge in [-0.25, -0.2) is 4.98 Å². The largest absolute Gasteiger partial charge is 0.322 e. The molecule has 100 valence electrons. The number of para-hydroxylation sites is 2. The Kier molecular flexibility index (Phi) is 3.08. The number of benzene rings is 2. The Bertz CT molecular complexity index is 807. The summed E-state index contributed by atoms with van der Waals surface area (Å²) >= 11 is 0. The number of rotatable bonds is 2. The Morgan fingerprint density at radius 1 is 1.05 bits per heavy atom. The van der Waals surface area contributed by atoms with Crippen LogP contribution in [0.1, 0.15) is 18.8 Å². The highest BCUT2D eigenvalue weighted by molar-refractivity contribution is 5.77. The van der Waals surface area contributed by atoms with Crippen molar-refractivity contribution in [3.05, 3.63) is 70.8 Å². The zero-order valence-electron chi connectivity index (χ0n) is 11.2. The SMILES string of the molecule is C[C@H](N)c1nc2ccccc2c(=O)n1-c1ccccc1. The van der Waals surface area contributed by atoms with Crippen molar-refractivity contribution in [2.45, 2.75) is 13.0 Å². The van der Waals surface area contributed by atoms with Crippen LogP contribution in [-0.2, 0) is 0 Å². The van der Waals surface area contributed by atoms with Crippen LogP contribution in [0.4, 0.5) is 0 Å². The molecule has 0 aliphatic carbocycles. The van der Waals surface area contributed by atoms with E-state index in [9.17, 15) is 4.79 Å². The Morgan fingerprint density at radius 2 is 1.70 bits per heavy atom. The van der Waals surface area contributed by atoms with Crippen molar-refractivity contribution in [2.24, 2.45) is 5.73 Å². The normalized spacial score (nSPS) is 12.5. The second-order valence-corrected chi connectivity index (χ2v) is 4.75. The molecule has 2 aromatic carbocycles. The summed E-state index contributed by atoms with van der Waals surface area (Å²) in [4.78, 5) is 17.3. The first-order valence-electron chi connectivity index (χ1n) is 6.51. The van der Waals surface area contributed by atoms with Crippen LogP contribution in [0.5, 0.6) is 0 Å². The Hall–Kier alpha value is -2.46.